The third-order valence-electron chi connectivity index (χ3n) is 2.31. The van der Waals surface area contributed by atoms with Crippen molar-refractivity contribution in [1.82, 2.24) is 24.6 Å². The van der Waals surface area contributed by atoms with Crippen molar-refractivity contribution in [3.8, 4) is 0 Å². The molecule has 5 heteroatoms. The Morgan fingerprint density at radius 1 is 1.33 bits per heavy atom. The van der Waals surface area contributed by atoms with Gasteiger partial charge >= 0.3 is 0 Å². The molecule has 5 nitrogen and oxygen atoms in total. The summed E-state index contributed by atoms with van der Waals surface area (Å²) < 4.78 is 3.96. The normalized spacial score (nSPS) is 10.8. The molecular formula is C10H15N5. The fourth-order valence-corrected chi connectivity index (χ4v) is 1.45. The van der Waals surface area contributed by atoms with E-state index in [1.165, 1.54) is 5.56 Å². The zero-order valence-electron chi connectivity index (χ0n) is 9.01. The lowest BCUT2D eigenvalue weighted by Gasteiger charge is -2.02. The summed E-state index contributed by atoms with van der Waals surface area (Å²) in [6.45, 7) is 1.60. The Bertz CT molecular complexity index is 428. The minimum atomic E-state index is 0.741. The Morgan fingerprint density at radius 3 is 2.80 bits per heavy atom. The minimum Gasteiger partial charge on any atom is -0.357 e. The molecule has 1 N–H and O–H groups in total. The molecule has 2 rings (SSSR count). The summed E-state index contributed by atoms with van der Waals surface area (Å²) in [7, 11) is 3.96. The number of hydrogen-bond acceptors (Lipinski definition) is 3. The first kappa shape index (κ1) is 9.92. The fourth-order valence-electron chi connectivity index (χ4n) is 1.45. The Kier molecular flexibility index (Phi) is 2.82. The van der Waals surface area contributed by atoms with Gasteiger partial charge in [-0.2, -0.15) is 0 Å². The maximum atomic E-state index is 4.00. The molecule has 0 bridgehead atoms. The number of nitrogens with one attached hydrogen (secondary N) is 1. The summed E-state index contributed by atoms with van der Waals surface area (Å²) in [5, 5.41) is 11.1. The van der Waals surface area contributed by atoms with Crippen LogP contribution in [0.15, 0.2) is 24.8 Å². The summed E-state index contributed by atoms with van der Waals surface area (Å²) in [5.74, 6) is 0.950. The van der Waals surface area contributed by atoms with Gasteiger partial charge in [0.15, 0.2) is 0 Å². The number of hydrogen-bond donors (Lipinski definition) is 1. The van der Waals surface area contributed by atoms with Crippen molar-refractivity contribution in [1.29, 1.82) is 0 Å². The second-order valence-corrected chi connectivity index (χ2v) is 3.65. The van der Waals surface area contributed by atoms with Crippen LogP contribution >= 0.6 is 0 Å². The van der Waals surface area contributed by atoms with Crippen molar-refractivity contribution in [2.75, 3.05) is 0 Å². The first-order chi connectivity index (χ1) is 7.25. The van der Waals surface area contributed by atoms with Crippen LogP contribution in [0.5, 0.6) is 0 Å². The van der Waals surface area contributed by atoms with Crippen LogP contribution in [0.4, 0.5) is 0 Å². The SMILES string of the molecule is Cn1ccc(CNCc2nncn2C)c1. The number of aryl methyl sites for hydroxylation is 2. The molecule has 0 aliphatic heterocycles. The van der Waals surface area contributed by atoms with E-state index in [4.69, 9.17) is 0 Å². The van der Waals surface area contributed by atoms with E-state index in [0.717, 1.165) is 18.9 Å². The minimum absolute atomic E-state index is 0.741. The molecule has 15 heavy (non-hydrogen) atoms. The number of aromatic nitrogens is 4. The van der Waals surface area contributed by atoms with E-state index >= 15 is 0 Å². The van der Waals surface area contributed by atoms with E-state index < -0.39 is 0 Å². The van der Waals surface area contributed by atoms with Gasteiger partial charge in [-0.25, -0.2) is 0 Å². The van der Waals surface area contributed by atoms with E-state index in [0.29, 0.717) is 0 Å². The molecule has 0 aliphatic carbocycles. The van der Waals surface area contributed by atoms with Gasteiger partial charge < -0.3 is 14.5 Å². The van der Waals surface area contributed by atoms with Gasteiger partial charge in [0.2, 0.25) is 0 Å². The molecule has 0 aliphatic rings. The largest absolute Gasteiger partial charge is 0.357 e. The zero-order chi connectivity index (χ0) is 10.7. The lowest BCUT2D eigenvalue weighted by atomic mass is 10.3. The maximum Gasteiger partial charge on any atom is 0.146 e. The molecule has 2 aromatic rings. The highest BCUT2D eigenvalue weighted by atomic mass is 15.3. The molecule has 0 fully saturated rings. The van der Waals surface area contributed by atoms with Gasteiger partial charge in [0.05, 0.1) is 6.54 Å². The Balaban J connectivity index is 1.83. The summed E-state index contributed by atoms with van der Waals surface area (Å²) >= 11 is 0. The van der Waals surface area contributed by atoms with E-state index in [2.05, 4.69) is 27.8 Å². The monoisotopic (exact) mass is 205 g/mol. The van der Waals surface area contributed by atoms with E-state index in [-0.39, 0.29) is 0 Å². The van der Waals surface area contributed by atoms with Crippen molar-refractivity contribution in [2.24, 2.45) is 14.1 Å². The maximum absolute atomic E-state index is 4.00. The first-order valence-electron chi connectivity index (χ1n) is 4.90. The van der Waals surface area contributed by atoms with Crippen LogP contribution in [-0.2, 0) is 27.2 Å². The molecule has 0 saturated heterocycles. The highest BCUT2D eigenvalue weighted by Crippen LogP contribution is 1.99. The van der Waals surface area contributed by atoms with Crippen LogP contribution in [0.1, 0.15) is 11.4 Å². The van der Waals surface area contributed by atoms with Crippen LogP contribution < -0.4 is 5.32 Å². The topological polar surface area (TPSA) is 47.7 Å². The highest BCUT2D eigenvalue weighted by molar-refractivity contribution is 5.09. The third-order valence-corrected chi connectivity index (χ3v) is 2.31. The fraction of sp³-hybridized carbons (Fsp3) is 0.400. The Morgan fingerprint density at radius 2 is 2.20 bits per heavy atom. The van der Waals surface area contributed by atoms with Crippen LogP contribution in [0.3, 0.4) is 0 Å². The van der Waals surface area contributed by atoms with Crippen LogP contribution in [0.2, 0.25) is 0 Å². The van der Waals surface area contributed by atoms with Gasteiger partial charge in [-0.05, 0) is 11.6 Å². The molecule has 2 aromatic heterocycles. The van der Waals surface area contributed by atoms with Gasteiger partial charge in [-0.3, -0.25) is 0 Å². The lowest BCUT2D eigenvalue weighted by Crippen LogP contribution is -2.15. The standard InChI is InChI=1S/C10H15N5/c1-14-4-3-9(7-14)5-11-6-10-13-12-8-15(10)2/h3-4,7-8,11H,5-6H2,1-2H3. The molecule has 80 valence electrons. The van der Waals surface area contributed by atoms with Crippen molar-refractivity contribution in [3.05, 3.63) is 36.2 Å². The van der Waals surface area contributed by atoms with Crippen molar-refractivity contribution in [3.63, 3.8) is 0 Å². The van der Waals surface area contributed by atoms with Crippen molar-refractivity contribution >= 4 is 0 Å². The van der Waals surface area contributed by atoms with Gasteiger partial charge in [0.1, 0.15) is 12.2 Å². The average molecular weight is 205 g/mol. The molecule has 0 unspecified atom stereocenters. The van der Waals surface area contributed by atoms with Gasteiger partial charge in [-0.1, -0.05) is 0 Å². The highest BCUT2D eigenvalue weighted by Gasteiger charge is 1.99. The molecule has 0 aromatic carbocycles. The Labute approximate surface area is 88.7 Å². The average Bonchev–Trinajstić information content (AvgIpc) is 2.77. The molecule has 0 spiro atoms. The van der Waals surface area contributed by atoms with E-state index in [9.17, 15) is 0 Å². The molecular weight excluding hydrogens is 190 g/mol. The van der Waals surface area contributed by atoms with Gasteiger partial charge in [-0.15, -0.1) is 10.2 Å². The van der Waals surface area contributed by atoms with Gasteiger partial charge in [0.25, 0.3) is 0 Å². The van der Waals surface area contributed by atoms with Crippen LogP contribution in [0, 0.1) is 0 Å². The molecule has 2 heterocycles. The van der Waals surface area contributed by atoms with E-state index in [1.54, 1.807) is 6.33 Å². The molecule has 0 saturated carbocycles. The predicted molar refractivity (Wildman–Crippen MR) is 57.0 cm³/mol. The molecule has 0 amide bonds. The number of rotatable bonds is 4. The summed E-state index contributed by atoms with van der Waals surface area (Å²) in [4.78, 5) is 0. The first-order valence-corrected chi connectivity index (χ1v) is 4.90. The Hall–Kier alpha value is -1.62. The summed E-state index contributed by atoms with van der Waals surface area (Å²) in [6, 6.07) is 2.10. The second kappa shape index (κ2) is 4.27. The van der Waals surface area contributed by atoms with Gasteiger partial charge in [0, 0.05) is 33.0 Å². The van der Waals surface area contributed by atoms with Crippen LogP contribution in [-0.4, -0.2) is 19.3 Å². The predicted octanol–water partition coefficient (Wildman–Crippen LogP) is 0.443. The lowest BCUT2D eigenvalue weighted by molar-refractivity contribution is 0.637. The third kappa shape index (κ3) is 2.44. The molecule has 0 radical (unpaired) electrons. The molecule has 0 atom stereocenters. The van der Waals surface area contributed by atoms with Crippen molar-refractivity contribution < 1.29 is 0 Å². The number of nitrogens with zero attached hydrogens (tertiary/aromatic N) is 4. The van der Waals surface area contributed by atoms with E-state index in [1.807, 2.05) is 29.4 Å². The summed E-state index contributed by atoms with van der Waals surface area (Å²) in [5.41, 5.74) is 1.28. The zero-order valence-corrected chi connectivity index (χ0v) is 9.01. The quantitative estimate of drug-likeness (QED) is 0.788. The smallest absolute Gasteiger partial charge is 0.146 e. The van der Waals surface area contributed by atoms with Crippen molar-refractivity contribution in [2.45, 2.75) is 13.1 Å². The van der Waals surface area contributed by atoms with Crippen LogP contribution in [0.25, 0.3) is 0 Å². The second-order valence-electron chi connectivity index (χ2n) is 3.65. The summed E-state index contributed by atoms with van der Waals surface area (Å²) in [6.07, 6.45) is 5.85.